The molecule has 0 unspecified atom stereocenters. The van der Waals surface area contributed by atoms with Gasteiger partial charge in [-0.3, -0.25) is 4.79 Å². The first-order chi connectivity index (χ1) is 12.5. The predicted octanol–water partition coefficient (Wildman–Crippen LogP) is 2.52. The van der Waals surface area contributed by atoms with E-state index in [1.807, 2.05) is 6.07 Å². The van der Waals surface area contributed by atoms with E-state index in [2.05, 4.69) is 5.32 Å². The van der Waals surface area contributed by atoms with Crippen LogP contribution in [-0.4, -0.2) is 31.7 Å². The fourth-order valence-corrected chi connectivity index (χ4v) is 2.01. The summed E-state index contributed by atoms with van der Waals surface area (Å²) >= 11 is 0. The summed E-state index contributed by atoms with van der Waals surface area (Å²) in [7, 11) is 1.53. The highest BCUT2D eigenvalue weighted by Gasteiger charge is 2.18. The molecule has 0 aliphatic carbocycles. The lowest BCUT2D eigenvalue weighted by Crippen LogP contribution is -2.29. The number of benzene rings is 2. The average molecular weight is 354 g/mol. The van der Waals surface area contributed by atoms with Gasteiger partial charge in [0.25, 0.3) is 5.91 Å². The monoisotopic (exact) mass is 354 g/mol. The van der Waals surface area contributed by atoms with Crippen molar-refractivity contribution < 1.29 is 23.8 Å². The molecule has 1 amide bonds. The number of ether oxygens (including phenoxy) is 3. The number of hydrogen-bond acceptors (Lipinski definition) is 6. The summed E-state index contributed by atoms with van der Waals surface area (Å²) in [5, 5.41) is 11.4. The van der Waals surface area contributed by atoms with Crippen molar-refractivity contribution in [3.8, 4) is 17.6 Å². The molecular formula is C19H18N2O5. The molecule has 134 valence electrons. The minimum Gasteiger partial charge on any atom is -0.497 e. The molecule has 0 spiro atoms. The lowest BCUT2D eigenvalue weighted by atomic mass is 10.2. The number of rotatable bonds is 7. The summed E-state index contributed by atoms with van der Waals surface area (Å²) in [6.07, 6.45) is -0.896. The molecule has 2 rings (SSSR count). The summed E-state index contributed by atoms with van der Waals surface area (Å²) in [6.45, 7) is 1.08. The Hall–Kier alpha value is -3.53. The molecular weight excluding hydrogens is 336 g/mol. The lowest BCUT2D eigenvalue weighted by molar-refractivity contribution is -0.153. The maximum absolute atomic E-state index is 11.9. The quantitative estimate of drug-likeness (QED) is 0.767. The Bertz CT molecular complexity index is 811. The van der Waals surface area contributed by atoms with Gasteiger partial charge in [-0.15, -0.1) is 0 Å². The Morgan fingerprint density at radius 1 is 1.15 bits per heavy atom. The van der Waals surface area contributed by atoms with E-state index < -0.39 is 24.6 Å². The molecule has 0 saturated heterocycles. The molecule has 0 aliphatic rings. The molecule has 0 aromatic heterocycles. The van der Waals surface area contributed by atoms with Crippen molar-refractivity contribution in [3.63, 3.8) is 0 Å². The number of carbonyl (C=O) groups excluding carboxylic acids is 2. The minimum absolute atomic E-state index is 0.425. The molecule has 0 radical (unpaired) electrons. The number of esters is 1. The number of anilines is 1. The highest BCUT2D eigenvalue weighted by atomic mass is 16.6. The van der Waals surface area contributed by atoms with Gasteiger partial charge in [0, 0.05) is 11.8 Å². The highest BCUT2D eigenvalue weighted by Crippen LogP contribution is 2.17. The smallest absolute Gasteiger partial charge is 0.347 e. The Labute approximate surface area is 151 Å². The van der Waals surface area contributed by atoms with Crippen molar-refractivity contribution >= 4 is 17.6 Å². The van der Waals surface area contributed by atoms with Gasteiger partial charge in [-0.25, -0.2) is 4.79 Å². The fourth-order valence-electron chi connectivity index (χ4n) is 2.01. The topological polar surface area (TPSA) is 97.7 Å². The first kappa shape index (κ1) is 18.8. The van der Waals surface area contributed by atoms with E-state index in [-0.39, 0.29) is 0 Å². The predicted molar refractivity (Wildman–Crippen MR) is 93.8 cm³/mol. The second-order valence-electron chi connectivity index (χ2n) is 5.28. The minimum atomic E-state index is -0.896. The summed E-state index contributed by atoms with van der Waals surface area (Å²) in [5.41, 5.74) is 1.02. The molecule has 2 aromatic carbocycles. The molecule has 0 fully saturated rings. The number of nitrogens with zero attached hydrogens (tertiary/aromatic N) is 1. The molecule has 0 heterocycles. The third-order valence-electron chi connectivity index (χ3n) is 3.33. The summed E-state index contributed by atoms with van der Waals surface area (Å²) in [4.78, 5) is 23.8. The SMILES string of the molecule is COc1cccc(NC(=O)COC(=O)[C@H](C)Oc2ccc(C#N)cc2)c1. The van der Waals surface area contributed by atoms with Crippen molar-refractivity contribution in [2.24, 2.45) is 0 Å². The van der Waals surface area contributed by atoms with Gasteiger partial charge in [0.2, 0.25) is 0 Å². The van der Waals surface area contributed by atoms with Gasteiger partial charge in [0.15, 0.2) is 12.7 Å². The van der Waals surface area contributed by atoms with Crippen molar-refractivity contribution in [3.05, 3.63) is 54.1 Å². The van der Waals surface area contributed by atoms with Gasteiger partial charge < -0.3 is 19.5 Å². The number of carbonyl (C=O) groups is 2. The zero-order valence-corrected chi connectivity index (χ0v) is 14.4. The third kappa shape index (κ3) is 5.53. The molecule has 0 saturated carbocycles. The van der Waals surface area contributed by atoms with Crippen molar-refractivity contribution in [1.82, 2.24) is 0 Å². The van der Waals surface area contributed by atoms with Crippen molar-refractivity contribution in [1.29, 1.82) is 5.26 Å². The molecule has 7 nitrogen and oxygen atoms in total. The van der Waals surface area contributed by atoms with Gasteiger partial charge >= 0.3 is 5.97 Å². The molecule has 1 atom stereocenters. The Balaban J connectivity index is 1.80. The van der Waals surface area contributed by atoms with E-state index in [0.29, 0.717) is 22.7 Å². The van der Waals surface area contributed by atoms with Crippen LogP contribution in [0.25, 0.3) is 0 Å². The summed E-state index contributed by atoms with van der Waals surface area (Å²) < 4.78 is 15.4. The van der Waals surface area contributed by atoms with Crippen LogP contribution < -0.4 is 14.8 Å². The van der Waals surface area contributed by atoms with Crippen molar-refractivity contribution in [2.45, 2.75) is 13.0 Å². The van der Waals surface area contributed by atoms with Gasteiger partial charge in [0.1, 0.15) is 11.5 Å². The summed E-state index contributed by atoms with van der Waals surface area (Å²) in [5.74, 6) is -0.120. The third-order valence-corrected chi connectivity index (χ3v) is 3.33. The van der Waals surface area contributed by atoms with Crippen LogP contribution in [0.4, 0.5) is 5.69 Å². The van der Waals surface area contributed by atoms with E-state index in [0.717, 1.165) is 0 Å². The largest absolute Gasteiger partial charge is 0.497 e. The van der Waals surface area contributed by atoms with Crippen LogP contribution in [0.2, 0.25) is 0 Å². The molecule has 2 aromatic rings. The normalized spacial score (nSPS) is 11.0. The standard InChI is InChI=1S/C19H18N2O5/c1-13(26-16-8-6-14(11-20)7-9-16)19(23)25-12-18(22)21-15-4-3-5-17(10-15)24-2/h3-10,13H,12H2,1-2H3,(H,21,22)/t13-/m0/s1. The van der Waals surface area contributed by atoms with Crippen LogP contribution in [-0.2, 0) is 14.3 Å². The Morgan fingerprint density at radius 2 is 1.88 bits per heavy atom. The highest BCUT2D eigenvalue weighted by molar-refractivity contribution is 5.93. The number of amides is 1. The molecule has 7 heteroatoms. The zero-order valence-electron chi connectivity index (χ0n) is 14.4. The lowest BCUT2D eigenvalue weighted by Gasteiger charge is -2.14. The zero-order chi connectivity index (χ0) is 18.9. The fraction of sp³-hybridized carbons (Fsp3) is 0.211. The maximum atomic E-state index is 11.9. The van der Waals surface area contributed by atoms with Crippen LogP contribution in [0.15, 0.2) is 48.5 Å². The second kappa shape index (κ2) is 9.08. The summed E-state index contributed by atoms with van der Waals surface area (Å²) in [6, 6.07) is 15.1. The Morgan fingerprint density at radius 3 is 2.54 bits per heavy atom. The number of nitrogens with one attached hydrogen (secondary N) is 1. The number of methoxy groups -OCH3 is 1. The van der Waals surface area contributed by atoms with E-state index in [1.54, 1.807) is 48.5 Å². The van der Waals surface area contributed by atoms with Crippen LogP contribution in [0.1, 0.15) is 12.5 Å². The average Bonchev–Trinajstić information content (AvgIpc) is 2.66. The molecule has 0 bridgehead atoms. The van der Waals surface area contributed by atoms with Crippen LogP contribution in [0.5, 0.6) is 11.5 Å². The van der Waals surface area contributed by atoms with Gasteiger partial charge in [-0.2, -0.15) is 5.26 Å². The van der Waals surface area contributed by atoms with E-state index >= 15 is 0 Å². The first-order valence-electron chi connectivity index (χ1n) is 7.79. The van der Waals surface area contributed by atoms with E-state index in [4.69, 9.17) is 19.5 Å². The van der Waals surface area contributed by atoms with Crippen LogP contribution in [0, 0.1) is 11.3 Å². The van der Waals surface area contributed by atoms with Gasteiger partial charge in [-0.05, 0) is 43.3 Å². The number of nitriles is 1. The van der Waals surface area contributed by atoms with Crippen LogP contribution in [0.3, 0.4) is 0 Å². The number of hydrogen-bond donors (Lipinski definition) is 1. The van der Waals surface area contributed by atoms with Crippen molar-refractivity contribution in [2.75, 3.05) is 19.0 Å². The van der Waals surface area contributed by atoms with E-state index in [1.165, 1.54) is 14.0 Å². The molecule has 26 heavy (non-hydrogen) atoms. The molecule has 1 N–H and O–H groups in total. The molecule has 0 aliphatic heterocycles. The Kier molecular flexibility index (Phi) is 6.57. The van der Waals surface area contributed by atoms with Gasteiger partial charge in [-0.1, -0.05) is 6.07 Å². The maximum Gasteiger partial charge on any atom is 0.347 e. The first-order valence-corrected chi connectivity index (χ1v) is 7.79. The van der Waals surface area contributed by atoms with E-state index in [9.17, 15) is 9.59 Å². The van der Waals surface area contributed by atoms with Crippen LogP contribution >= 0.6 is 0 Å². The second-order valence-corrected chi connectivity index (χ2v) is 5.28. The van der Waals surface area contributed by atoms with Gasteiger partial charge in [0.05, 0.1) is 18.7 Å².